The molecule has 5 nitrogen and oxygen atoms in total. The number of halogens is 2. The zero-order valence-corrected chi connectivity index (χ0v) is 19.0. The van der Waals surface area contributed by atoms with Crippen LogP contribution in [0.4, 0.5) is 4.39 Å². The molecule has 0 saturated heterocycles. The number of hydrogen-bond acceptors (Lipinski definition) is 7. The monoisotopic (exact) mass is 466 g/mol. The van der Waals surface area contributed by atoms with Gasteiger partial charge in [-0.25, -0.2) is 9.18 Å². The summed E-state index contributed by atoms with van der Waals surface area (Å²) >= 11 is 8.91. The minimum absolute atomic E-state index is 0.0636. The van der Waals surface area contributed by atoms with E-state index in [0.29, 0.717) is 23.1 Å². The van der Waals surface area contributed by atoms with Gasteiger partial charge in [-0.05, 0) is 62.7 Å². The van der Waals surface area contributed by atoms with Crippen molar-refractivity contribution in [3.8, 4) is 16.3 Å². The summed E-state index contributed by atoms with van der Waals surface area (Å²) in [5.41, 5.74) is 1.67. The highest BCUT2D eigenvalue weighted by molar-refractivity contribution is 7.98. The Labute approximate surface area is 187 Å². The first-order valence-corrected chi connectivity index (χ1v) is 11.4. The number of nitrogens with zero attached hydrogens (tertiary/aromatic N) is 2. The van der Waals surface area contributed by atoms with Crippen LogP contribution >= 0.6 is 34.7 Å². The van der Waals surface area contributed by atoms with Crippen LogP contribution in [0.3, 0.4) is 0 Å². The lowest BCUT2D eigenvalue weighted by Gasteiger charge is -2.15. The third kappa shape index (κ3) is 5.71. The number of carbonyl (C=O) groups is 1. The molecule has 0 bridgehead atoms. The lowest BCUT2D eigenvalue weighted by molar-refractivity contribution is -0.150. The Balaban J connectivity index is 1.61. The molecule has 3 aromatic rings. The van der Waals surface area contributed by atoms with E-state index in [1.807, 2.05) is 25.1 Å². The predicted molar refractivity (Wildman–Crippen MR) is 118 cm³/mol. The fourth-order valence-corrected chi connectivity index (χ4v) is 4.54. The first kappa shape index (κ1) is 22.5. The van der Waals surface area contributed by atoms with E-state index in [9.17, 15) is 9.18 Å². The topological polar surface area (TPSA) is 61.3 Å². The average molecular weight is 467 g/mol. The maximum atomic E-state index is 13.3. The number of aryl methyl sites for hydroxylation is 1. The molecule has 0 radical (unpaired) electrons. The Morgan fingerprint density at radius 2 is 2.07 bits per heavy atom. The molecule has 0 aliphatic carbocycles. The van der Waals surface area contributed by atoms with Gasteiger partial charge in [0.25, 0.3) is 0 Å². The van der Waals surface area contributed by atoms with Crippen molar-refractivity contribution in [2.75, 3.05) is 6.61 Å². The van der Waals surface area contributed by atoms with Gasteiger partial charge in [0.2, 0.25) is 0 Å². The molecule has 1 unspecified atom stereocenters. The highest BCUT2D eigenvalue weighted by atomic mass is 35.5. The summed E-state index contributed by atoms with van der Waals surface area (Å²) < 4.78 is 24.0. The zero-order chi connectivity index (χ0) is 21.7. The van der Waals surface area contributed by atoms with Crippen molar-refractivity contribution in [3.05, 3.63) is 57.8 Å². The van der Waals surface area contributed by atoms with Crippen LogP contribution in [0.25, 0.3) is 10.6 Å². The number of esters is 1. The molecule has 3 rings (SSSR count). The van der Waals surface area contributed by atoms with Gasteiger partial charge in [-0.3, -0.25) is 0 Å². The van der Waals surface area contributed by atoms with Crippen molar-refractivity contribution in [3.63, 3.8) is 0 Å². The smallest absolute Gasteiger partial charge is 0.347 e. The van der Waals surface area contributed by atoms with Crippen LogP contribution in [0.1, 0.15) is 24.4 Å². The van der Waals surface area contributed by atoms with E-state index < -0.39 is 11.9 Å². The molecule has 0 saturated carbocycles. The highest BCUT2D eigenvalue weighted by Crippen LogP contribution is 2.32. The van der Waals surface area contributed by atoms with E-state index in [2.05, 4.69) is 10.2 Å². The van der Waals surface area contributed by atoms with Gasteiger partial charge in [-0.15, -0.1) is 22.0 Å². The molecule has 0 aliphatic rings. The van der Waals surface area contributed by atoms with E-state index in [0.717, 1.165) is 21.0 Å². The Hall–Kier alpha value is -2.16. The van der Waals surface area contributed by atoms with E-state index in [4.69, 9.17) is 21.1 Å². The SMILES string of the molecule is CCOC(=O)C(C)Oc1ccc(SCc2nnc(-c3ccc(F)c(Cl)c3)s2)cc1C. The van der Waals surface area contributed by atoms with Crippen molar-refractivity contribution in [1.29, 1.82) is 0 Å². The Morgan fingerprint density at radius 3 is 2.77 bits per heavy atom. The molecule has 30 heavy (non-hydrogen) atoms. The molecule has 1 heterocycles. The van der Waals surface area contributed by atoms with Crippen LogP contribution in [0, 0.1) is 12.7 Å². The Bertz CT molecular complexity index is 1040. The molecule has 0 fully saturated rings. The predicted octanol–water partition coefficient (Wildman–Crippen LogP) is 5.93. The fourth-order valence-electron chi connectivity index (χ4n) is 2.54. The van der Waals surface area contributed by atoms with E-state index in [1.165, 1.54) is 17.4 Å². The molecule has 0 spiro atoms. The van der Waals surface area contributed by atoms with Gasteiger partial charge in [-0.1, -0.05) is 22.9 Å². The summed E-state index contributed by atoms with van der Waals surface area (Å²) in [6, 6.07) is 10.3. The molecule has 0 aliphatic heterocycles. The minimum Gasteiger partial charge on any atom is -0.479 e. The van der Waals surface area contributed by atoms with Crippen molar-refractivity contribution >= 4 is 40.7 Å². The lowest BCUT2D eigenvalue weighted by atomic mass is 10.2. The first-order valence-electron chi connectivity index (χ1n) is 9.22. The van der Waals surface area contributed by atoms with Gasteiger partial charge < -0.3 is 9.47 Å². The third-order valence-electron chi connectivity index (χ3n) is 4.06. The largest absolute Gasteiger partial charge is 0.479 e. The van der Waals surface area contributed by atoms with Crippen LogP contribution in [0.5, 0.6) is 5.75 Å². The van der Waals surface area contributed by atoms with Gasteiger partial charge in [0, 0.05) is 10.5 Å². The van der Waals surface area contributed by atoms with Gasteiger partial charge in [-0.2, -0.15) is 0 Å². The normalized spacial score (nSPS) is 11.9. The number of benzene rings is 2. The molecule has 1 atom stereocenters. The summed E-state index contributed by atoms with van der Waals surface area (Å²) in [6.45, 7) is 5.68. The van der Waals surface area contributed by atoms with Crippen molar-refractivity contribution in [2.24, 2.45) is 0 Å². The maximum Gasteiger partial charge on any atom is 0.347 e. The molecule has 2 aromatic carbocycles. The number of thioether (sulfide) groups is 1. The summed E-state index contributed by atoms with van der Waals surface area (Å²) in [6.07, 6.45) is -0.665. The van der Waals surface area contributed by atoms with E-state index in [-0.39, 0.29) is 11.0 Å². The molecule has 9 heteroatoms. The maximum absolute atomic E-state index is 13.3. The number of hydrogen-bond donors (Lipinski definition) is 0. The van der Waals surface area contributed by atoms with Crippen molar-refractivity contribution < 1.29 is 18.7 Å². The van der Waals surface area contributed by atoms with Crippen LogP contribution in [0.2, 0.25) is 5.02 Å². The Kier molecular flexibility index (Phi) is 7.69. The van der Waals surface area contributed by atoms with Gasteiger partial charge >= 0.3 is 5.97 Å². The summed E-state index contributed by atoms with van der Waals surface area (Å²) in [4.78, 5) is 12.8. The summed E-state index contributed by atoms with van der Waals surface area (Å²) in [5.74, 6) is 0.446. The third-order valence-corrected chi connectivity index (χ3v) is 6.51. The second kappa shape index (κ2) is 10.2. The summed E-state index contributed by atoms with van der Waals surface area (Å²) in [7, 11) is 0. The molecule has 0 amide bonds. The highest BCUT2D eigenvalue weighted by Gasteiger charge is 2.17. The van der Waals surface area contributed by atoms with Crippen LogP contribution in [-0.4, -0.2) is 28.9 Å². The number of rotatable bonds is 8. The molecular weight excluding hydrogens is 447 g/mol. The second-order valence-corrected chi connectivity index (χ2v) is 8.88. The quantitative estimate of drug-likeness (QED) is 0.303. The van der Waals surface area contributed by atoms with Crippen LogP contribution in [-0.2, 0) is 15.3 Å². The van der Waals surface area contributed by atoms with Crippen molar-refractivity contribution in [1.82, 2.24) is 10.2 Å². The van der Waals surface area contributed by atoms with Crippen LogP contribution < -0.4 is 4.74 Å². The number of ether oxygens (including phenoxy) is 2. The molecule has 158 valence electrons. The first-order chi connectivity index (χ1) is 14.4. The molecule has 1 aromatic heterocycles. The van der Waals surface area contributed by atoms with Gasteiger partial charge in [0.05, 0.1) is 17.4 Å². The molecule has 0 N–H and O–H groups in total. The van der Waals surface area contributed by atoms with Crippen molar-refractivity contribution in [2.45, 2.75) is 37.5 Å². The number of carbonyl (C=O) groups excluding carboxylic acids is 1. The Morgan fingerprint density at radius 1 is 1.27 bits per heavy atom. The summed E-state index contributed by atoms with van der Waals surface area (Å²) in [5, 5.41) is 10.00. The van der Waals surface area contributed by atoms with E-state index >= 15 is 0 Å². The second-order valence-electron chi connectivity index (χ2n) is 6.36. The van der Waals surface area contributed by atoms with Crippen LogP contribution in [0.15, 0.2) is 41.3 Å². The minimum atomic E-state index is -0.665. The fraction of sp³-hybridized carbons (Fsp3) is 0.286. The standard InChI is InChI=1S/C21H20ClFN2O3S2/c1-4-27-21(26)13(3)28-18-8-6-15(9-12(18)2)29-11-19-24-25-20(30-19)14-5-7-17(23)16(22)10-14/h5-10,13H,4,11H2,1-3H3. The molecular formula is C21H20ClFN2O3S2. The number of aromatic nitrogens is 2. The lowest BCUT2D eigenvalue weighted by Crippen LogP contribution is -2.26. The average Bonchev–Trinajstić information content (AvgIpc) is 3.19. The van der Waals surface area contributed by atoms with Gasteiger partial charge in [0.15, 0.2) is 6.10 Å². The van der Waals surface area contributed by atoms with E-state index in [1.54, 1.807) is 37.7 Å². The van der Waals surface area contributed by atoms with Gasteiger partial charge in [0.1, 0.15) is 21.6 Å². The zero-order valence-electron chi connectivity index (χ0n) is 16.6.